The van der Waals surface area contributed by atoms with Crippen molar-refractivity contribution in [1.29, 1.82) is 0 Å². The van der Waals surface area contributed by atoms with E-state index in [9.17, 15) is 0 Å². The lowest BCUT2D eigenvalue weighted by molar-refractivity contribution is 0.459. The second-order valence-electron chi connectivity index (χ2n) is 3.43. The Bertz CT molecular complexity index is 560. The standard InChI is InChI=1S/C12H8BrCl2NO/c1-7-5-8(13)6-16-12(7)17-10-4-2-3-9(14)11(10)15/h2-6H,1H3. The van der Waals surface area contributed by atoms with Gasteiger partial charge in [0, 0.05) is 16.2 Å². The topological polar surface area (TPSA) is 22.1 Å². The molecule has 2 nitrogen and oxygen atoms in total. The van der Waals surface area contributed by atoms with Crippen LogP contribution in [0.1, 0.15) is 5.56 Å². The first kappa shape index (κ1) is 12.7. The minimum absolute atomic E-state index is 0.387. The molecule has 1 heterocycles. The predicted molar refractivity (Wildman–Crippen MR) is 73.2 cm³/mol. The van der Waals surface area contributed by atoms with Crippen LogP contribution in [0.3, 0.4) is 0 Å². The van der Waals surface area contributed by atoms with Gasteiger partial charge >= 0.3 is 0 Å². The fraction of sp³-hybridized carbons (Fsp3) is 0.0833. The zero-order chi connectivity index (χ0) is 12.4. The van der Waals surface area contributed by atoms with Gasteiger partial charge in [-0.2, -0.15) is 0 Å². The smallest absolute Gasteiger partial charge is 0.222 e. The van der Waals surface area contributed by atoms with E-state index in [-0.39, 0.29) is 0 Å². The molecule has 2 aromatic rings. The second kappa shape index (κ2) is 5.25. The van der Waals surface area contributed by atoms with Crippen molar-refractivity contribution in [3.63, 3.8) is 0 Å². The fourth-order valence-electron chi connectivity index (χ4n) is 1.30. The van der Waals surface area contributed by atoms with Crippen LogP contribution in [0.5, 0.6) is 11.6 Å². The molecular weight excluding hydrogens is 325 g/mol. The fourth-order valence-corrected chi connectivity index (χ4v) is 2.08. The van der Waals surface area contributed by atoms with Crippen LogP contribution in [0, 0.1) is 6.92 Å². The van der Waals surface area contributed by atoms with Gasteiger partial charge in [0.05, 0.1) is 5.02 Å². The third-order valence-corrected chi connectivity index (χ3v) is 3.35. The molecule has 1 aromatic heterocycles. The Morgan fingerprint density at radius 1 is 1.29 bits per heavy atom. The summed E-state index contributed by atoms with van der Waals surface area (Å²) in [6.07, 6.45) is 1.67. The van der Waals surface area contributed by atoms with Gasteiger partial charge in [0.25, 0.3) is 0 Å². The Morgan fingerprint density at radius 2 is 2.06 bits per heavy atom. The van der Waals surface area contributed by atoms with Crippen molar-refractivity contribution in [2.45, 2.75) is 6.92 Å². The molecule has 0 saturated carbocycles. The molecule has 0 atom stereocenters. The Morgan fingerprint density at radius 3 is 2.76 bits per heavy atom. The molecule has 0 spiro atoms. The Hall–Kier alpha value is -0.770. The van der Waals surface area contributed by atoms with Gasteiger partial charge in [-0.15, -0.1) is 0 Å². The number of aromatic nitrogens is 1. The van der Waals surface area contributed by atoms with Crippen molar-refractivity contribution in [2.24, 2.45) is 0 Å². The minimum atomic E-state index is 0.387. The summed E-state index contributed by atoms with van der Waals surface area (Å²) in [6, 6.07) is 7.15. The average Bonchev–Trinajstić information content (AvgIpc) is 2.28. The molecule has 0 N–H and O–H groups in total. The molecule has 0 aliphatic heterocycles. The third kappa shape index (κ3) is 2.92. The van der Waals surface area contributed by atoms with Gasteiger partial charge in [-0.25, -0.2) is 4.98 Å². The van der Waals surface area contributed by atoms with E-state index in [0.29, 0.717) is 21.7 Å². The van der Waals surface area contributed by atoms with Crippen molar-refractivity contribution in [1.82, 2.24) is 4.98 Å². The normalized spacial score (nSPS) is 10.4. The molecule has 0 unspecified atom stereocenters. The molecule has 0 fully saturated rings. The number of hydrogen-bond acceptors (Lipinski definition) is 2. The first-order valence-corrected chi connectivity index (χ1v) is 6.37. The summed E-state index contributed by atoms with van der Waals surface area (Å²) in [4.78, 5) is 4.17. The molecule has 17 heavy (non-hydrogen) atoms. The number of pyridine rings is 1. The van der Waals surface area contributed by atoms with Crippen LogP contribution in [-0.4, -0.2) is 4.98 Å². The summed E-state index contributed by atoms with van der Waals surface area (Å²) in [5, 5.41) is 0.845. The zero-order valence-electron chi connectivity index (χ0n) is 8.88. The van der Waals surface area contributed by atoms with E-state index in [1.165, 1.54) is 0 Å². The quantitative estimate of drug-likeness (QED) is 0.749. The highest BCUT2D eigenvalue weighted by molar-refractivity contribution is 9.10. The summed E-state index contributed by atoms with van der Waals surface area (Å²) in [6.45, 7) is 1.91. The molecule has 88 valence electrons. The maximum atomic E-state index is 6.03. The number of aryl methyl sites for hydroxylation is 1. The zero-order valence-corrected chi connectivity index (χ0v) is 12.0. The lowest BCUT2D eigenvalue weighted by atomic mass is 10.3. The summed E-state index contributed by atoms with van der Waals surface area (Å²) < 4.78 is 6.53. The molecule has 0 aliphatic rings. The van der Waals surface area contributed by atoms with Crippen molar-refractivity contribution in [3.8, 4) is 11.6 Å². The predicted octanol–water partition coefficient (Wildman–Crippen LogP) is 5.25. The van der Waals surface area contributed by atoms with Crippen molar-refractivity contribution >= 4 is 39.1 Å². The molecule has 0 aliphatic carbocycles. The molecule has 0 saturated heterocycles. The SMILES string of the molecule is Cc1cc(Br)cnc1Oc1cccc(Cl)c1Cl. The Kier molecular flexibility index (Phi) is 3.92. The third-order valence-electron chi connectivity index (χ3n) is 2.12. The average molecular weight is 333 g/mol. The molecular formula is C12H8BrCl2NO. The van der Waals surface area contributed by atoms with Gasteiger partial charge in [0.1, 0.15) is 10.8 Å². The van der Waals surface area contributed by atoms with E-state index in [2.05, 4.69) is 20.9 Å². The van der Waals surface area contributed by atoms with Gasteiger partial charge in [-0.3, -0.25) is 0 Å². The van der Waals surface area contributed by atoms with E-state index >= 15 is 0 Å². The van der Waals surface area contributed by atoms with E-state index in [0.717, 1.165) is 10.0 Å². The summed E-state index contributed by atoms with van der Waals surface area (Å²) in [5.41, 5.74) is 0.912. The van der Waals surface area contributed by atoms with E-state index in [1.54, 1.807) is 24.4 Å². The number of nitrogens with zero attached hydrogens (tertiary/aromatic N) is 1. The van der Waals surface area contributed by atoms with Gasteiger partial charge in [0.15, 0.2) is 0 Å². The summed E-state index contributed by atoms with van der Waals surface area (Å²) in [7, 11) is 0. The summed E-state index contributed by atoms with van der Waals surface area (Å²) in [5.74, 6) is 1.01. The van der Waals surface area contributed by atoms with Crippen LogP contribution in [0.2, 0.25) is 10.0 Å². The van der Waals surface area contributed by atoms with E-state index in [4.69, 9.17) is 27.9 Å². The van der Waals surface area contributed by atoms with E-state index in [1.807, 2.05) is 13.0 Å². The highest BCUT2D eigenvalue weighted by atomic mass is 79.9. The van der Waals surface area contributed by atoms with Crippen LogP contribution < -0.4 is 4.74 Å². The first-order chi connectivity index (χ1) is 8.08. The molecule has 0 radical (unpaired) electrons. The Balaban J connectivity index is 2.35. The van der Waals surface area contributed by atoms with E-state index < -0.39 is 0 Å². The number of halogens is 3. The van der Waals surface area contributed by atoms with Crippen LogP contribution >= 0.6 is 39.1 Å². The lowest BCUT2D eigenvalue weighted by Gasteiger charge is -2.09. The minimum Gasteiger partial charge on any atom is -0.437 e. The number of ether oxygens (including phenoxy) is 1. The maximum absolute atomic E-state index is 6.03. The van der Waals surface area contributed by atoms with Crippen LogP contribution in [0.25, 0.3) is 0 Å². The maximum Gasteiger partial charge on any atom is 0.222 e. The van der Waals surface area contributed by atoms with Crippen LogP contribution in [0.15, 0.2) is 34.9 Å². The molecule has 5 heteroatoms. The number of benzene rings is 1. The highest BCUT2D eigenvalue weighted by Gasteiger charge is 2.09. The lowest BCUT2D eigenvalue weighted by Crippen LogP contribution is -1.92. The Labute approximate surface area is 118 Å². The van der Waals surface area contributed by atoms with Crippen molar-refractivity contribution in [3.05, 3.63) is 50.5 Å². The second-order valence-corrected chi connectivity index (χ2v) is 5.13. The van der Waals surface area contributed by atoms with Crippen LogP contribution in [0.4, 0.5) is 0 Å². The van der Waals surface area contributed by atoms with Crippen molar-refractivity contribution in [2.75, 3.05) is 0 Å². The van der Waals surface area contributed by atoms with Crippen molar-refractivity contribution < 1.29 is 4.74 Å². The largest absolute Gasteiger partial charge is 0.437 e. The van der Waals surface area contributed by atoms with Gasteiger partial charge < -0.3 is 4.74 Å². The molecule has 0 bridgehead atoms. The first-order valence-electron chi connectivity index (χ1n) is 4.82. The van der Waals surface area contributed by atoms with Gasteiger partial charge in [-0.1, -0.05) is 29.3 Å². The molecule has 0 amide bonds. The van der Waals surface area contributed by atoms with Crippen LogP contribution in [-0.2, 0) is 0 Å². The number of hydrogen-bond donors (Lipinski definition) is 0. The molecule has 2 rings (SSSR count). The van der Waals surface area contributed by atoms with Gasteiger partial charge in [-0.05, 0) is 41.1 Å². The molecule has 1 aromatic carbocycles. The number of rotatable bonds is 2. The van der Waals surface area contributed by atoms with Gasteiger partial charge in [0.2, 0.25) is 5.88 Å². The highest BCUT2D eigenvalue weighted by Crippen LogP contribution is 2.35. The summed E-state index contributed by atoms with van der Waals surface area (Å²) >= 11 is 15.3. The monoisotopic (exact) mass is 331 g/mol.